The standard InChI is InChI=1S/C18H29NO/c1-15(13-16-9-11-18(20-3)12-10-16)19(2)14-17-7-5-4-6-8-17/h9-12,15,17H,4-8,13-14H2,1-3H3. The number of hydrogen-bond donors (Lipinski definition) is 0. The van der Waals surface area contributed by atoms with E-state index in [0.29, 0.717) is 6.04 Å². The molecule has 1 aromatic carbocycles. The Morgan fingerprint density at radius 2 is 1.80 bits per heavy atom. The van der Waals surface area contributed by atoms with Gasteiger partial charge >= 0.3 is 0 Å². The van der Waals surface area contributed by atoms with Crippen molar-refractivity contribution in [3.8, 4) is 5.75 Å². The van der Waals surface area contributed by atoms with E-state index in [9.17, 15) is 0 Å². The average Bonchev–Trinajstić information content (AvgIpc) is 2.49. The first-order valence-electron chi connectivity index (χ1n) is 8.02. The maximum Gasteiger partial charge on any atom is 0.118 e. The number of rotatable bonds is 6. The van der Waals surface area contributed by atoms with Crippen LogP contribution in [0.5, 0.6) is 5.75 Å². The molecule has 0 spiro atoms. The van der Waals surface area contributed by atoms with Crippen LogP contribution in [-0.2, 0) is 6.42 Å². The van der Waals surface area contributed by atoms with Crippen molar-refractivity contribution in [1.29, 1.82) is 0 Å². The molecule has 0 saturated heterocycles. The van der Waals surface area contributed by atoms with Gasteiger partial charge in [-0.3, -0.25) is 0 Å². The number of nitrogens with zero attached hydrogens (tertiary/aromatic N) is 1. The van der Waals surface area contributed by atoms with Crippen LogP contribution in [0.3, 0.4) is 0 Å². The van der Waals surface area contributed by atoms with E-state index >= 15 is 0 Å². The molecule has 0 aliphatic heterocycles. The summed E-state index contributed by atoms with van der Waals surface area (Å²) in [7, 11) is 4.00. The molecule has 0 heterocycles. The molecule has 112 valence electrons. The number of likely N-dealkylation sites (N-methyl/N-ethyl adjacent to an activating group) is 1. The van der Waals surface area contributed by atoms with Gasteiger partial charge in [0.25, 0.3) is 0 Å². The first kappa shape index (κ1) is 15.4. The Bertz CT molecular complexity index is 381. The van der Waals surface area contributed by atoms with E-state index in [2.05, 4.69) is 43.1 Å². The van der Waals surface area contributed by atoms with Gasteiger partial charge in [0.1, 0.15) is 5.75 Å². The zero-order valence-corrected chi connectivity index (χ0v) is 13.3. The van der Waals surface area contributed by atoms with E-state index in [1.165, 1.54) is 44.2 Å². The minimum Gasteiger partial charge on any atom is -0.497 e. The quantitative estimate of drug-likeness (QED) is 0.773. The van der Waals surface area contributed by atoms with Gasteiger partial charge in [0, 0.05) is 12.6 Å². The summed E-state index contributed by atoms with van der Waals surface area (Å²) >= 11 is 0. The molecular weight excluding hydrogens is 246 g/mol. The van der Waals surface area contributed by atoms with Crippen LogP contribution in [0.1, 0.15) is 44.6 Å². The summed E-state index contributed by atoms with van der Waals surface area (Å²) in [6.07, 6.45) is 8.30. The summed E-state index contributed by atoms with van der Waals surface area (Å²) in [4.78, 5) is 2.54. The Balaban J connectivity index is 1.81. The van der Waals surface area contributed by atoms with Gasteiger partial charge in [-0.2, -0.15) is 0 Å². The van der Waals surface area contributed by atoms with Crippen LogP contribution in [0.2, 0.25) is 0 Å². The Kier molecular flexibility index (Phi) is 5.90. The molecule has 1 unspecified atom stereocenters. The van der Waals surface area contributed by atoms with Gasteiger partial charge in [0.2, 0.25) is 0 Å². The molecule has 1 aliphatic rings. The highest BCUT2D eigenvalue weighted by Crippen LogP contribution is 2.25. The van der Waals surface area contributed by atoms with Crippen LogP contribution in [0, 0.1) is 5.92 Å². The van der Waals surface area contributed by atoms with Crippen molar-refractivity contribution in [1.82, 2.24) is 4.90 Å². The number of ether oxygens (including phenoxy) is 1. The van der Waals surface area contributed by atoms with E-state index in [4.69, 9.17) is 4.74 Å². The van der Waals surface area contributed by atoms with Crippen molar-refractivity contribution in [2.24, 2.45) is 5.92 Å². The lowest BCUT2D eigenvalue weighted by atomic mass is 9.88. The summed E-state index contributed by atoms with van der Waals surface area (Å²) in [6, 6.07) is 9.09. The van der Waals surface area contributed by atoms with Crippen LogP contribution in [-0.4, -0.2) is 31.6 Å². The molecule has 1 saturated carbocycles. The van der Waals surface area contributed by atoms with Gasteiger partial charge in [-0.15, -0.1) is 0 Å². The van der Waals surface area contributed by atoms with Crippen molar-refractivity contribution in [3.63, 3.8) is 0 Å². The fourth-order valence-electron chi connectivity index (χ4n) is 3.22. The van der Waals surface area contributed by atoms with Gasteiger partial charge in [0.05, 0.1) is 7.11 Å². The monoisotopic (exact) mass is 275 g/mol. The molecule has 1 aliphatic carbocycles. The number of benzene rings is 1. The van der Waals surface area contributed by atoms with E-state index in [0.717, 1.165) is 18.1 Å². The van der Waals surface area contributed by atoms with Crippen LogP contribution in [0.15, 0.2) is 24.3 Å². The van der Waals surface area contributed by atoms with Gasteiger partial charge in [-0.25, -0.2) is 0 Å². The van der Waals surface area contributed by atoms with Gasteiger partial charge in [0.15, 0.2) is 0 Å². The zero-order valence-electron chi connectivity index (χ0n) is 13.3. The summed E-state index contributed by atoms with van der Waals surface area (Å²) in [5, 5.41) is 0. The molecule has 2 nitrogen and oxygen atoms in total. The highest BCUT2D eigenvalue weighted by Gasteiger charge is 2.18. The normalized spacial score (nSPS) is 18.2. The second-order valence-corrected chi connectivity index (χ2v) is 6.34. The smallest absolute Gasteiger partial charge is 0.118 e. The summed E-state index contributed by atoms with van der Waals surface area (Å²) in [5.74, 6) is 1.86. The average molecular weight is 275 g/mol. The minimum atomic E-state index is 0.602. The molecule has 0 bridgehead atoms. The number of hydrogen-bond acceptors (Lipinski definition) is 2. The number of methoxy groups -OCH3 is 1. The van der Waals surface area contributed by atoms with Crippen molar-refractivity contribution >= 4 is 0 Å². The fourth-order valence-corrected chi connectivity index (χ4v) is 3.22. The topological polar surface area (TPSA) is 12.5 Å². The summed E-state index contributed by atoms with van der Waals surface area (Å²) < 4.78 is 5.21. The minimum absolute atomic E-state index is 0.602. The molecule has 1 atom stereocenters. The lowest BCUT2D eigenvalue weighted by Gasteiger charge is -2.31. The highest BCUT2D eigenvalue weighted by atomic mass is 16.5. The zero-order chi connectivity index (χ0) is 14.4. The third-order valence-electron chi connectivity index (χ3n) is 4.71. The predicted molar refractivity (Wildman–Crippen MR) is 85.4 cm³/mol. The van der Waals surface area contributed by atoms with Crippen molar-refractivity contribution in [3.05, 3.63) is 29.8 Å². The lowest BCUT2D eigenvalue weighted by molar-refractivity contribution is 0.190. The van der Waals surface area contributed by atoms with E-state index in [1.54, 1.807) is 7.11 Å². The molecule has 20 heavy (non-hydrogen) atoms. The molecular formula is C18H29NO. The maximum absolute atomic E-state index is 5.21. The third kappa shape index (κ3) is 4.52. The van der Waals surface area contributed by atoms with Gasteiger partial charge in [-0.1, -0.05) is 31.4 Å². The lowest BCUT2D eigenvalue weighted by Crippen LogP contribution is -2.35. The van der Waals surface area contributed by atoms with E-state index in [1.807, 2.05) is 0 Å². The van der Waals surface area contributed by atoms with Gasteiger partial charge < -0.3 is 9.64 Å². The molecule has 0 N–H and O–H groups in total. The van der Waals surface area contributed by atoms with E-state index < -0.39 is 0 Å². The van der Waals surface area contributed by atoms with Crippen LogP contribution in [0.25, 0.3) is 0 Å². The van der Waals surface area contributed by atoms with Crippen molar-refractivity contribution in [2.45, 2.75) is 51.5 Å². The first-order chi connectivity index (χ1) is 9.69. The van der Waals surface area contributed by atoms with E-state index in [-0.39, 0.29) is 0 Å². The Morgan fingerprint density at radius 3 is 2.40 bits per heavy atom. The molecule has 1 aromatic rings. The molecule has 1 fully saturated rings. The molecule has 0 aromatic heterocycles. The first-order valence-corrected chi connectivity index (χ1v) is 8.02. The maximum atomic E-state index is 5.21. The van der Waals surface area contributed by atoms with Crippen molar-refractivity contribution in [2.75, 3.05) is 20.7 Å². The fraction of sp³-hybridized carbons (Fsp3) is 0.667. The van der Waals surface area contributed by atoms with Crippen molar-refractivity contribution < 1.29 is 4.74 Å². The van der Waals surface area contributed by atoms with Gasteiger partial charge in [-0.05, 0) is 56.8 Å². The third-order valence-corrected chi connectivity index (χ3v) is 4.71. The Morgan fingerprint density at radius 1 is 1.15 bits per heavy atom. The largest absolute Gasteiger partial charge is 0.497 e. The van der Waals surface area contributed by atoms with Crippen LogP contribution < -0.4 is 4.74 Å². The Labute approximate surface area is 124 Å². The molecule has 0 amide bonds. The van der Waals surface area contributed by atoms with Crippen LogP contribution in [0.4, 0.5) is 0 Å². The molecule has 2 heteroatoms. The second-order valence-electron chi connectivity index (χ2n) is 6.34. The summed E-state index contributed by atoms with van der Waals surface area (Å²) in [6.45, 7) is 3.60. The molecule has 0 radical (unpaired) electrons. The second kappa shape index (κ2) is 7.68. The molecule has 2 rings (SSSR count). The highest BCUT2D eigenvalue weighted by molar-refractivity contribution is 5.27. The summed E-state index contributed by atoms with van der Waals surface area (Å²) in [5.41, 5.74) is 1.40. The predicted octanol–water partition coefficient (Wildman–Crippen LogP) is 4.14. The van der Waals surface area contributed by atoms with Crippen LogP contribution >= 0.6 is 0 Å². The Hall–Kier alpha value is -1.02. The SMILES string of the molecule is COc1ccc(CC(C)N(C)CC2CCCCC2)cc1.